The molecule has 2 atom stereocenters. The molecule has 6 heteroatoms. The van der Waals surface area contributed by atoms with Gasteiger partial charge in [0.05, 0.1) is 5.69 Å². The first-order chi connectivity index (χ1) is 12.1. The zero-order valence-corrected chi connectivity index (χ0v) is 15.4. The molecule has 3 heterocycles. The Bertz CT molecular complexity index is 807. The summed E-state index contributed by atoms with van der Waals surface area (Å²) in [5.74, 6) is 2.85. The summed E-state index contributed by atoms with van der Waals surface area (Å²) in [7, 11) is 0. The molecular weight excluding hydrogens is 334 g/mol. The van der Waals surface area contributed by atoms with Crippen molar-refractivity contribution >= 4 is 28.5 Å². The average molecular weight is 357 g/mol. The number of hydrogen-bond acceptors (Lipinski definition) is 5. The summed E-state index contributed by atoms with van der Waals surface area (Å²) in [4.78, 5) is 20.4. The van der Waals surface area contributed by atoms with Crippen molar-refractivity contribution in [2.45, 2.75) is 39.2 Å². The van der Waals surface area contributed by atoms with Gasteiger partial charge in [-0.1, -0.05) is 13.8 Å². The third-order valence-electron chi connectivity index (χ3n) is 5.01. The summed E-state index contributed by atoms with van der Waals surface area (Å²) in [6.07, 6.45) is 5.39. The number of amides is 1. The van der Waals surface area contributed by atoms with Crippen molar-refractivity contribution < 1.29 is 9.21 Å². The standard InChI is InChI=1S/C19H23N3O2S/c1-3-22-9-8-15-17(11-22)25-19(20-15)21-18(23)7-5-13-4-6-16(24-13)14-10-12(14)2/h4-7,12,14H,3,8-11H2,1-2H3,(H,20,21,23)/b7-5+/t12-,14+/m1/s1. The molecule has 1 N–H and O–H groups in total. The second-order valence-corrected chi connectivity index (χ2v) is 7.97. The van der Waals surface area contributed by atoms with Crippen LogP contribution in [0.2, 0.25) is 0 Å². The van der Waals surface area contributed by atoms with Crippen molar-refractivity contribution in [3.05, 3.63) is 40.3 Å². The first-order valence-corrected chi connectivity index (χ1v) is 9.73. The van der Waals surface area contributed by atoms with Crippen LogP contribution in [-0.4, -0.2) is 28.9 Å². The molecule has 1 aliphatic heterocycles. The van der Waals surface area contributed by atoms with Crippen LogP contribution >= 0.6 is 11.3 Å². The lowest BCUT2D eigenvalue weighted by molar-refractivity contribution is -0.111. The molecule has 1 fully saturated rings. The Morgan fingerprint density at radius 3 is 3.12 bits per heavy atom. The molecule has 0 saturated heterocycles. The number of thiazole rings is 1. The number of aromatic nitrogens is 1. The molecule has 132 valence electrons. The molecule has 0 radical (unpaired) electrons. The largest absolute Gasteiger partial charge is 0.461 e. The van der Waals surface area contributed by atoms with Crippen molar-refractivity contribution in [1.82, 2.24) is 9.88 Å². The highest BCUT2D eigenvalue weighted by Gasteiger charge is 2.36. The highest BCUT2D eigenvalue weighted by molar-refractivity contribution is 7.15. The minimum Gasteiger partial charge on any atom is -0.461 e. The van der Waals surface area contributed by atoms with E-state index in [4.69, 9.17) is 4.42 Å². The average Bonchev–Trinajstić information content (AvgIpc) is 3.01. The predicted molar refractivity (Wildman–Crippen MR) is 99.7 cm³/mol. The number of nitrogens with one attached hydrogen (secondary N) is 1. The van der Waals surface area contributed by atoms with Crippen LogP contribution in [-0.2, 0) is 17.8 Å². The summed E-state index contributed by atoms with van der Waals surface area (Å²) in [5.41, 5.74) is 1.13. The van der Waals surface area contributed by atoms with Gasteiger partial charge in [-0.25, -0.2) is 4.98 Å². The third kappa shape index (κ3) is 3.70. The second-order valence-electron chi connectivity index (χ2n) is 6.89. The van der Waals surface area contributed by atoms with Gasteiger partial charge in [0, 0.05) is 36.4 Å². The topological polar surface area (TPSA) is 58.4 Å². The van der Waals surface area contributed by atoms with Crippen LogP contribution in [0.3, 0.4) is 0 Å². The van der Waals surface area contributed by atoms with Crippen molar-refractivity contribution in [3.8, 4) is 0 Å². The number of carbonyl (C=O) groups excluding carboxylic acids is 1. The van der Waals surface area contributed by atoms with Gasteiger partial charge in [-0.2, -0.15) is 0 Å². The molecule has 0 bridgehead atoms. The molecule has 4 rings (SSSR count). The highest BCUT2D eigenvalue weighted by atomic mass is 32.1. The Labute approximate surface area is 151 Å². The quantitative estimate of drug-likeness (QED) is 0.825. The normalized spacial score (nSPS) is 23.0. The van der Waals surface area contributed by atoms with Crippen LogP contribution in [0.1, 0.15) is 48.3 Å². The number of hydrogen-bond donors (Lipinski definition) is 1. The summed E-state index contributed by atoms with van der Waals surface area (Å²) in [6, 6.07) is 3.94. The van der Waals surface area contributed by atoms with Gasteiger partial charge in [0.1, 0.15) is 11.5 Å². The van der Waals surface area contributed by atoms with E-state index in [-0.39, 0.29) is 5.91 Å². The lowest BCUT2D eigenvalue weighted by Crippen LogP contribution is -2.29. The van der Waals surface area contributed by atoms with E-state index >= 15 is 0 Å². The lowest BCUT2D eigenvalue weighted by atomic mass is 10.2. The monoisotopic (exact) mass is 357 g/mol. The van der Waals surface area contributed by atoms with Gasteiger partial charge in [-0.15, -0.1) is 11.3 Å². The Morgan fingerprint density at radius 1 is 1.52 bits per heavy atom. The Balaban J connectivity index is 1.36. The van der Waals surface area contributed by atoms with E-state index in [0.29, 0.717) is 17.0 Å². The van der Waals surface area contributed by atoms with E-state index < -0.39 is 0 Å². The summed E-state index contributed by atoms with van der Waals surface area (Å²) in [5, 5.41) is 3.56. The van der Waals surface area contributed by atoms with Gasteiger partial charge < -0.3 is 4.42 Å². The van der Waals surface area contributed by atoms with Gasteiger partial charge in [0.15, 0.2) is 5.13 Å². The molecule has 2 aromatic rings. The fourth-order valence-corrected chi connectivity index (χ4v) is 4.31. The molecule has 0 unspecified atom stereocenters. The summed E-state index contributed by atoms with van der Waals surface area (Å²) < 4.78 is 5.78. The smallest absolute Gasteiger partial charge is 0.250 e. The molecule has 1 saturated carbocycles. The molecule has 1 aliphatic carbocycles. The van der Waals surface area contributed by atoms with Crippen molar-refractivity contribution in [3.63, 3.8) is 0 Å². The maximum Gasteiger partial charge on any atom is 0.250 e. The van der Waals surface area contributed by atoms with Gasteiger partial charge >= 0.3 is 0 Å². The van der Waals surface area contributed by atoms with E-state index in [2.05, 4.69) is 29.0 Å². The minimum atomic E-state index is -0.170. The SMILES string of the molecule is CCN1CCc2nc(NC(=O)/C=C/c3ccc([C@H]4C[C@H]4C)o3)sc2C1. The van der Waals surface area contributed by atoms with Gasteiger partial charge in [-0.3, -0.25) is 15.0 Å². The first-order valence-electron chi connectivity index (χ1n) is 8.92. The van der Waals surface area contributed by atoms with Gasteiger partial charge in [-0.05, 0) is 37.1 Å². The minimum absolute atomic E-state index is 0.170. The van der Waals surface area contributed by atoms with Crippen LogP contribution in [0.15, 0.2) is 22.6 Å². The van der Waals surface area contributed by atoms with Crippen LogP contribution in [0.5, 0.6) is 0 Å². The van der Waals surface area contributed by atoms with E-state index in [1.165, 1.54) is 17.4 Å². The van der Waals surface area contributed by atoms with Crippen LogP contribution < -0.4 is 5.32 Å². The Morgan fingerprint density at radius 2 is 2.36 bits per heavy atom. The first kappa shape index (κ1) is 16.5. The molecule has 0 spiro atoms. The van der Waals surface area contributed by atoms with E-state index in [9.17, 15) is 4.79 Å². The molecular formula is C19H23N3O2S. The molecule has 5 nitrogen and oxygen atoms in total. The number of nitrogens with zero attached hydrogens (tertiary/aromatic N) is 2. The van der Waals surface area contributed by atoms with Crippen molar-refractivity contribution in [2.75, 3.05) is 18.4 Å². The zero-order chi connectivity index (χ0) is 17.4. The van der Waals surface area contributed by atoms with Crippen LogP contribution in [0.25, 0.3) is 6.08 Å². The fourth-order valence-electron chi connectivity index (χ4n) is 3.25. The fraction of sp³-hybridized carbons (Fsp3) is 0.474. The van der Waals surface area contributed by atoms with E-state index in [1.54, 1.807) is 17.4 Å². The molecule has 0 aromatic carbocycles. The van der Waals surface area contributed by atoms with Crippen LogP contribution in [0, 0.1) is 5.92 Å². The highest BCUT2D eigenvalue weighted by Crippen LogP contribution is 2.47. The van der Waals surface area contributed by atoms with Crippen molar-refractivity contribution in [2.24, 2.45) is 5.92 Å². The molecule has 2 aliphatic rings. The van der Waals surface area contributed by atoms with Gasteiger partial charge in [0.25, 0.3) is 0 Å². The molecule has 1 amide bonds. The second kappa shape index (κ2) is 6.77. The summed E-state index contributed by atoms with van der Waals surface area (Å²) in [6.45, 7) is 7.42. The lowest BCUT2D eigenvalue weighted by Gasteiger charge is -2.23. The summed E-state index contributed by atoms with van der Waals surface area (Å²) >= 11 is 1.58. The Hall–Kier alpha value is -1.92. The molecule has 25 heavy (non-hydrogen) atoms. The number of likely N-dealkylation sites (N-methyl/N-ethyl adjacent to an activating group) is 1. The predicted octanol–water partition coefficient (Wildman–Crippen LogP) is 3.89. The number of furan rings is 1. The number of rotatable bonds is 5. The number of fused-ring (bicyclic) bond motifs is 1. The Kier molecular flexibility index (Phi) is 4.48. The van der Waals surface area contributed by atoms with Gasteiger partial charge in [0.2, 0.25) is 5.91 Å². The molecule has 2 aromatic heterocycles. The maximum atomic E-state index is 12.1. The third-order valence-corrected chi connectivity index (χ3v) is 6.01. The van der Waals surface area contributed by atoms with Crippen molar-refractivity contribution in [1.29, 1.82) is 0 Å². The number of carbonyl (C=O) groups is 1. The van der Waals surface area contributed by atoms with E-state index in [1.807, 2.05) is 12.1 Å². The van der Waals surface area contributed by atoms with E-state index in [0.717, 1.165) is 43.3 Å². The number of anilines is 1. The zero-order valence-electron chi connectivity index (χ0n) is 14.6. The maximum absolute atomic E-state index is 12.1. The van der Waals surface area contributed by atoms with Crippen LogP contribution in [0.4, 0.5) is 5.13 Å².